The van der Waals surface area contributed by atoms with Gasteiger partial charge in [-0.05, 0) is 26.2 Å². The van der Waals surface area contributed by atoms with Crippen molar-refractivity contribution in [3.63, 3.8) is 0 Å². The van der Waals surface area contributed by atoms with Crippen molar-refractivity contribution >= 4 is 17.8 Å². The lowest BCUT2D eigenvalue weighted by Gasteiger charge is -2.30. The molecule has 0 spiro atoms. The lowest BCUT2D eigenvalue weighted by Crippen LogP contribution is -2.43. The highest BCUT2D eigenvalue weighted by Gasteiger charge is 2.30. The third-order valence-corrected chi connectivity index (χ3v) is 4.69. The van der Waals surface area contributed by atoms with Crippen molar-refractivity contribution in [2.24, 2.45) is 5.92 Å². The zero-order valence-electron chi connectivity index (χ0n) is 16.0. The van der Waals surface area contributed by atoms with Gasteiger partial charge in [0.1, 0.15) is 11.3 Å². The van der Waals surface area contributed by atoms with Gasteiger partial charge in [0.25, 0.3) is 5.91 Å². The van der Waals surface area contributed by atoms with Gasteiger partial charge in [-0.1, -0.05) is 6.92 Å². The van der Waals surface area contributed by atoms with Gasteiger partial charge >= 0.3 is 5.97 Å². The molecule has 0 atom stereocenters. The highest BCUT2D eigenvalue weighted by atomic mass is 16.5. The van der Waals surface area contributed by atoms with Crippen molar-refractivity contribution in [2.45, 2.75) is 39.5 Å². The van der Waals surface area contributed by atoms with E-state index in [0.717, 1.165) is 6.42 Å². The van der Waals surface area contributed by atoms with E-state index in [1.807, 2.05) is 6.92 Å². The van der Waals surface area contributed by atoms with Crippen molar-refractivity contribution in [1.29, 1.82) is 0 Å². The molecular formula is C19H28N2O6. The summed E-state index contributed by atoms with van der Waals surface area (Å²) in [5, 5.41) is 12.1. The van der Waals surface area contributed by atoms with E-state index in [1.165, 1.54) is 6.07 Å². The number of likely N-dealkylation sites (tertiary alicyclic amines) is 1. The van der Waals surface area contributed by atoms with Gasteiger partial charge in [0.05, 0.1) is 0 Å². The fourth-order valence-electron chi connectivity index (χ4n) is 3.15. The van der Waals surface area contributed by atoms with Crippen molar-refractivity contribution < 1.29 is 28.6 Å². The molecule has 0 saturated carbocycles. The Hall–Kier alpha value is -2.35. The first-order chi connectivity index (χ1) is 13.0. The summed E-state index contributed by atoms with van der Waals surface area (Å²) in [6.45, 7) is 6.48. The van der Waals surface area contributed by atoms with Crippen LogP contribution in [0.25, 0.3) is 0 Å². The molecule has 0 aromatic carbocycles. The van der Waals surface area contributed by atoms with Gasteiger partial charge in [0.2, 0.25) is 5.91 Å². The van der Waals surface area contributed by atoms with E-state index < -0.39 is 5.97 Å². The zero-order chi connectivity index (χ0) is 19.8. The Morgan fingerprint density at radius 3 is 2.56 bits per heavy atom. The number of piperidine rings is 1. The maximum atomic E-state index is 12.6. The number of nitrogens with zero attached hydrogens (tertiary/aromatic N) is 1. The molecule has 1 aliphatic heterocycles. The summed E-state index contributed by atoms with van der Waals surface area (Å²) in [5.74, 6) is -1.19. The Labute approximate surface area is 158 Å². The summed E-state index contributed by atoms with van der Waals surface area (Å²) < 4.78 is 10.7. The SMILES string of the molecule is CCOCCCNC(=O)C1CCN(C(=O)c2cc(C(=O)O)c(CC)o2)CC1. The number of aromatic carboxylic acids is 1. The lowest BCUT2D eigenvalue weighted by atomic mass is 9.95. The number of carboxylic acid groups (broad SMARTS) is 1. The average molecular weight is 380 g/mol. The predicted molar refractivity (Wildman–Crippen MR) is 97.8 cm³/mol. The first-order valence-electron chi connectivity index (χ1n) is 9.48. The largest absolute Gasteiger partial charge is 0.478 e. The monoisotopic (exact) mass is 380 g/mol. The van der Waals surface area contributed by atoms with Crippen LogP contribution in [0.5, 0.6) is 0 Å². The van der Waals surface area contributed by atoms with Crippen molar-refractivity contribution in [3.8, 4) is 0 Å². The molecule has 1 fully saturated rings. The van der Waals surface area contributed by atoms with Crippen molar-refractivity contribution in [2.75, 3.05) is 32.8 Å². The Morgan fingerprint density at radius 1 is 1.30 bits per heavy atom. The maximum absolute atomic E-state index is 12.6. The smallest absolute Gasteiger partial charge is 0.339 e. The summed E-state index contributed by atoms with van der Waals surface area (Å²) in [6.07, 6.45) is 2.34. The van der Waals surface area contributed by atoms with E-state index in [9.17, 15) is 19.5 Å². The van der Waals surface area contributed by atoms with E-state index in [-0.39, 0.29) is 29.1 Å². The number of carbonyl (C=O) groups excluding carboxylic acids is 2. The second-order valence-corrected chi connectivity index (χ2v) is 6.51. The second kappa shape index (κ2) is 10.1. The summed E-state index contributed by atoms with van der Waals surface area (Å²) in [5.41, 5.74) is 0.0298. The number of aryl methyl sites for hydroxylation is 1. The van der Waals surface area contributed by atoms with Crippen LogP contribution in [0.1, 0.15) is 59.8 Å². The number of amides is 2. The van der Waals surface area contributed by atoms with Crippen LogP contribution in [0.15, 0.2) is 10.5 Å². The summed E-state index contributed by atoms with van der Waals surface area (Å²) >= 11 is 0. The Bertz CT molecular complexity index is 661. The highest BCUT2D eigenvalue weighted by Crippen LogP contribution is 2.22. The minimum absolute atomic E-state index is 0.0121. The standard InChI is InChI=1S/C19H28N2O6/c1-3-15-14(19(24)25)12-16(27-15)18(23)21-9-6-13(7-10-21)17(22)20-8-5-11-26-4-2/h12-13H,3-11H2,1-2H3,(H,20,22)(H,24,25). The van der Waals surface area contributed by atoms with Gasteiger partial charge in [-0.3, -0.25) is 9.59 Å². The fourth-order valence-corrected chi connectivity index (χ4v) is 3.15. The van der Waals surface area contributed by atoms with Gasteiger partial charge < -0.3 is 24.5 Å². The molecule has 27 heavy (non-hydrogen) atoms. The van der Waals surface area contributed by atoms with Crippen LogP contribution >= 0.6 is 0 Å². The Morgan fingerprint density at radius 2 is 2.00 bits per heavy atom. The van der Waals surface area contributed by atoms with E-state index in [4.69, 9.17) is 9.15 Å². The summed E-state index contributed by atoms with van der Waals surface area (Å²) in [7, 11) is 0. The van der Waals surface area contributed by atoms with E-state index in [1.54, 1.807) is 11.8 Å². The number of hydrogen-bond donors (Lipinski definition) is 2. The Kier molecular flexibility index (Phi) is 7.84. The first kappa shape index (κ1) is 21.0. The summed E-state index contributed by atoms with van der Waals surface area (Å²) in [4.78, 5) is 37.6. The molecular weight excluding hydrogens is 352 g/mol. The van der Waals surface area contributed by atoms with Crippen LogP contribution in [-0.4, -0.2) is 60.6 Å². The van der Waals surface area contributed by atoms with Gasteiger partial charge in [-0.15, -0.1) is 0 Å². The summed E-state index contributed by atoms with van der Waals surface area (Å²) in [6, 6.07) is 1.29. The van der Waals surface area contributed by atoms with Crippen LogP contribution in [0, 0.1) is 5.92 Å². The quantitative estimate of drug-likeness (QED) is 0.634. The van der Waals surface area contributed by atoms with E-state index in [2.05, 4.69) is 5.32 Å². The molecule has 2 rings (SSSR count). The maximum Gasteiger partial charge on any atom is 0.339 e. The number of furan rings is 1. The molecule has 1 aromatic rings. The molecule has 2 amide bonds. The molecule has 1 aliphatic rings. The third kappa shape index (κ3) is 5.56. The Balaban J connectivity index is 1.83. The molecule has 1 saturated heterocycles. The van der Waals surface area contributed by atoms with Gasteiger partial charge in [0.15, 0.2) is 5.76 Å². The van der Waals surface area contributed by atoms with E-state index in [0.29, 0.717) is 57.9 Å². The molecule has 8 heteroatoms. The minimum atomic E-state index is -1.10. The van der Waals surface area contributed by atoms with E-state index >= 15 is 0 Å². The minimum Gasteiger partial charge on any atom is -0.478 e. The number of ether oxygens (including phenoxy) is 1. The number of rotatable bonds is 9. The molecule has 0 unspecified atom stereocenters. The lowest BCUT2D eigenvalue weighted by molar-refractivity contribution is -0.126. The van der Waals surface area contributed by atoms with Crippen LogP contribution in [0.4, 0.5) is 0 Å². The molecule has 2 N–H and O–H groups in total. The van der Waals surface area contributed by atoms with Gasteiger partial charge in [-0.25, -0.2) is 4.79 Å². The first-order valence-corrected chi connectivity index (χ1v) is 9.48. The van der Waals surface area contributed by atoms with Crippen LogP contribution in [0.2, 0.25) is 0 Å². The molecule has 1 aromatic heterocycles. The molecule has 0 aliphatic carbocycles. The molecule has 150 valence electrons. The third-order valence-electron chi connectivity index (χ3n) is 4.69. The highest BCUT2D eigenvalue weighted by molar-refractivity contribution is 5.96. The topological polar surface area (TPSA) is 109 Å². The van der Waals surface area contributed by atoms with Crippen molar-refractivity contribution in [3.05, 3.63) is 23.2 Å². The average Bonchev–Trinajstić information content (AvgIpc) is 3.12. The molecule has 0 radical (unpaired) electrons. The predicted octanol–water partition coefficient (Wildman–Crippen LogP) is 1.94. The number of carbonyl (C=O) groups is 3. The number of hydrogen-bond acceptors (Lipinski definition) is 5. The molecule has 0 bridgehead atoms. The van der Waals surface area contributed by atoms with Crippen molar-refractivity contribution in [1.82, 2.24) is 10.2 Å². The van der Waals surface area contributed by atoms with Crippen LogP contribution < -0.4 is 5.32 Å². The van der Waals surface area contributed by atoms with Gasteiger partial charge in [-0.2, -0.15) is 0 Å². The fraction of sp³-hybridized carbons (Fsp3) is 0.632. The second-order valence-electron chi connectivity index (χ2n) is 6.51. The normalized spacial score (nSPS) is 15.0. The molecule has 2 heterocycles. The van der Waals surface area contributed by atoms with Crippen LogP contribution in [-0.2, 0) is 16.0 Å². The number of nitrogens with one attached hydrogen (secondary N) is 1. The number of carboxylic acids is 1. The molecule has 8 nitrogen and oxygen atoms in total. The van der Waals surface area contributed by atoms with Crippen LogP contribution in [0.3, 0.4) is 0 Å². The zero-order valence-corrected chi connectivity index (χ0v) is 16.0. The van der Waals surface area contributed by atoms with Gasteiger partial charge in [0, 0.05) is 51.3 Å².